The van der Waals surface area contributed by atoms with Crippen molar-refractivity contribution in [1.82, 2.24) is 24.9 Å². The Hall–Kier alpha value is -2.95. The molecule has 13 nitrogen and oxygen atoms in total. The fourth-order valence-electron chi connectivity index (χ4n) is 6.59. The van der Waals surface area contributed by atoms with Crippen molar-refractivity contribution in [3.05, 3.63) is 41.6 Å². The number of benzene rings is 1. The molecule has 1 spiro atoms. The smallest absolute Gasteiger partial charge is 0.255 e. The fraction of sp³-hybridized carbons (Fsp3) is 0.656. The maximum atomic E-state index is 14.7. The number of hydrogen-bond acceptors (Lipinski definition) is 11. The first-order valence-corrected chi connectivity index (χ1v) is 18.0. The van der Waals surface area contributed by atoms with Gasteiger partial charge in [0.1, 0.15) is 17.9 Å². The molecule has 47 heavy (non-hydrogen) atoms. The molecule has 260 valence electrons. The first kappa shape index (κ1) is 35.4. The van der Waals surface area contributed by atoms with Crippen LogP contribution in [0.4, 0.5) is 10.2 Å². The number of likely N-dealkylation sites (tertiary alicyclic amines) is 1. The molecule has 0 unspecified atom stereocenters. The number of hydrogen-bond donors (Lipinski definition) is 4. The quantitative estimate of drug-likeness (QED) is 0.244. The lowest BCUT2D eigenvalue weighted by molar-refractivity contribution is -0.0299. The van der Waals surface area contributed by atoms with Crippen molar-refractivity contribution in [3.8, 4) is 11.5 Å². The number of carbonyl (C=O) groups is 1. The Morgan fingerprint density at radius 2 is 1.98 bits per heavy atom. The average Bonchev–Trinajstić information content (AvgIpc) is 3.02. The minimum absolute atomic E-state index is 0.0270. The zero-order chi connectivity index (χ0) is 33.8. The second-order valence-electron chi connectivity index (χ2n) is 13.3. The molecule has 0 bridgehead atoms. The van der Waals surface area contributed by atoms with Crippen LogP contribution in [0.5, 0.6) is 11.5 Å². The third-order valence-electron chi connectivity index (χ3n) is 9.16. The highest BCUT2D eigenvalue weighted by atomic mass is 32.2. The minimum atomic E-state index is -3.24. The van der Waals surface area contributed by atoms with E-state index in [1.165, 1.54) is 18.6 Å². The first-order chi connectivity index (χ1) is 22.4. The van der Waals surface area contributed by atoms with Crippen LogP contribution < -0.4 is 19.7 Å². The van der Waals surface area contributed by atoms with Crippen LogP contribution in [0.25, 0.3) is 0 Å². The Labute approximate surface area is 275 Å². The van der Waals surface area contributed by atoms with E-state index in [1.807, 2.05) is 0 Å². The standard InChI is InChI=1S/C32H47FN6O7S/c1-4-47(43,44)37-24-5-6-26(45-17-24)15-38-9-7-32(8-10-38)18-39(19-32)30-28(14-34-20-35-30)46-29-22(12-25(41)16-40)11-23(33)13-27(29)31(42)36-21(2)3/h11,13-14,20-21,24-26,37,40-41H,4-10,12,15-19H2,1-3H3,(H,36,42)/t24-,25-,26+/m1/s1. The summed E-state index contributed by atoms with van der Waals surface area (Å²) in [5, 5.41) is 22.4. The molecule has 3 aliphatic heterocycles. The number of ether oxygens (including phenoxy) is 2. The number of halogens is 1. The van der Waals surface area contributed by atoms with Gasteiger partial charge in [-0.05, 0) is 71.7 Å². The number of rotatable bonds is 13. The van der Waals surface area contributed by atoms with E-state index in [9.17, 15) is 27.8 Å². The van der Waals surface area contributed by atoms with Gasteiger partial charge in [0, 0.05) is 49.1 Å². The molecule has 0 saturated carbocycles. The summed E-state index contributed by atoms with van der Waals surface area (Å²) in [6.07, 6.45) is 5.35. The molecule has 4 N–H and O–H groups in total. The fourth-order valence-corrected chi connectivity index (χ4v) is 7.45. The summed E-state index contributed by atoms with van der Waals surface area (Å²) in [5.74, 6) is -0.179. The van der Waals surface area contributed by atoms with E-state index in [0.717, 1.165) is 64.5 Å². The van der Waals surface area contributed by atoms with Crippen molar-refractivity contribution in [1.29, 1.82) is 0 Å². The number of nitrogens with one attached hydrogen (secondary N) is 2. The highest BCUT2D eigenvalue weighted by Crippen LogP contribution is 2.45. The second kappa shape index (κ2) is 15.1. The number of anilines is 1. The van der Waals surface area contributed by atoms with Crippen LogP contribution in [0.1, 0.15) is 62.4 Å². The van der Waals surface area contributed by atoms with Gasteiger partial charge in [0.25, 0.3) is 5.91 Å². The molecule has 3 fully saturated rings. The maximum absolute atomic E-state index is 14.7. The van der Waals surface area contributed by atoms with Crippen LogP contribution in [-0.4, -0.2) is 115 Å². The van der Waals surface area contributed by atoms with E-state index >= 15 is 0 Å². The van der Waals surface area contributed by atoms with Gasteiger partial charge in [0.05, 0.1) is 42.9 Å². The Balaban J connectivity index is 1.21. The third-order valence-corrected chi connectivity index (χ3v) is 10.6. The van der Waals surface area contributed by atoms with Gasteiger partial charge in [-0.25, -0.2) is 27.5 Å². The minimum Gasteiger partial charge on any atom is -0.451 e. The van der Waals surface area contributed by atoms with Crippen LogP contribution in [0, 0.1) is 11.2 Å². The predicted octanol–water partition coefficient (Wildman–Crippen LogP) is 1.83. The Morgan fingerprint density at radius 3 is 2.62 bits per heavy atom. The molecule has 1 aromatic heterocycles. The highest BCUT2D eigenvalue weighted by molar-refractivity contribution is 7.89. The molecule has 2 aromatic rings. The lowest BCUT2D eigenvalue weighted by atomic mass is 9.72. The van der Waals surface area contributed by atoms with Crippen LogP contribution in [0.15, 0.2) is 24.7 Å². The van der Waals surface area contributed by atoms with E-state index in [0.29, 0.717) is 18.2 Å². The van der Waals surface area contributed by atoms with Crippen LogP contribution in [0.3, 0.4) is 0 Å². The summed E-state index contributed by atoms with van der Waals surface area (Å²) in [5.41, 5.74) is 0.341. The van der Waals surface area contributed by atoms with E-state index in [2.05, 4.69) is 29.8 Å². The van der Waals surface area contributed by atoms with E-state index in [-0.39, 0.29) is 52.7 Å². The van der Waals surface area contributed by atoms with Crippen LogP contribution >= 0.6 is 0 Å². The Kier molecular flexibility index (Phi) is 11.3. The van der Waals surface area contributed by atoms with Crippen LogP contribution in [-0.2, 0) is 21.2 Å². The van der Waals surface area contributed by atoms with E-state index < -0.39 is 34.5 Å². The van der Waals surface area contributed by atoms with Gasteiger partial charge in [-0.15, -0.1) is 0 Å². The summed E-state index contributed by atoms with van der Waals surface area (Å²) < 4.78 is 53.5. The van der Waals surface area contributed by atoms with Gasteiger partial charge in [0.15, 0.2) is 11.6 Å². The summed E-state index contributed by atoms with van der Waals surface area (Å²) in [6.45, 7) is 9.32. The van der Waals surface area contributed by atoms with Crippen molar-refractivity contribution in [2.45, 2.75) is 77.2 Å². The average molecular weight is 679 g/mol. The lowest BCUT2D eigenvalue weighted by Crippen LogP contribution is -2.61. The monoisotopic (exact) mass is 678 g/mol. The zero-order valence-corrected chi connectivity index (χ0v) is 28.1. The number of nitrogens with zero attached hydrogens (tertiary/aromatic N) is 4. The molecule has 3 atom stereocenters. The topological polar surface area (TPSA) is 166 Å². The second-order valence-corrected chi connectivity index (χ2v) is 15.4. The first-order valence-electron chi connectivity index (χ1n) is 16.4. The highest BCUT2D eigenvalue weighted by Gasteiger charge is 2.46. The van der Waals surface area contributed by atoms with Crippen molar-refractivity contribution in [2.75, 3.05) is 56.6 Å². The molecular weight excluding hydrogens is 631 g/mol. The molecule has 5 rings (SSSR count). The van der Waals surface area contributed by atoms with Crippen LogP contribution in [0.2, 0.25) is 0 Å². The molecule has 3 aliphatic rings. The van der Waals surface area contributed by atoms with Gasteiger partial charge in [0.2, 0.25) is 10.0 Å². The van der Waals surface area contributed by atoms with Crippen molar-refractivity contribution in [3.63, 3.8) is 0 Å². The summed E-state index contributed by atoms with van der Waals surface area (Å²) in [6, 6.07) is 1.92. The SMILES string of the molecule is CCS(=O)(=O)N[C@@H]1CC[C@@H](CN2CCC3(CC2)CN(c2ncncc2Oc2c(C[C@@H](O)CO)cc(F)cc2C(=O)NC(C)C)C3)OC1. The van der Waals surface area contributed by atoms with Crippen molar-refractivity contribution < 1.29 is 37.3 Å². The Bertz CT molecular complexity index is 1490. The maximum Gasteiger partial charge on any atom is 0.255 e. The molecule has 1 aromatic carbocycles. The van der Waals surface area contributed by atoms with Gasteiger partial charge < -0.3 is 34.8 Å². The molecule has 15 heteroatoms. The summed E-state index contributed by atoms with van der Waals surface area (Å²) >= 11 is 0. The number of aliphatic hydroxyl groups excluding tert-OH is 2. The third kappa shape index (κ3) is 8.95. The zero-order valence-electron chi connectivity index (χ0n) is 27.3. The predicted molar refractivity (Wildman–Crippen MR) is 174 cm³/mol. The number of piperidine rings is 1. The lowest BCUT2D eigenvalue weighted by Gasteiger charge is -2.54. The Morgan fingerprint density at radius 1 is 1.23 bits per heavy atom. The summed E-state index contributed by atoms with van der Waals surface area (Å²) in [7, 11) is -3.24. The molecule has 0 aliphatic carbocycles. The molecule has 0 radical (unpaired) electrons. The van der Waals surface area contributed by atoms with Gasteiger partial charge in [-0.3, -0.25) is 4.79 Å². The number of carbonyl (C=O) groups excluding carboxylic acids is 1. The number of sulfonamides is 1. The number of aromatic nitrogens is 2. The van der Waals surface area contributed by atoms with Gasteiger partial charge >= 0.3 is 0 Å². The van der Waals surface area contributed by atoms with Gasteiger partial charge in [-0.1, -0.05) is 0 Å². The van der Waals surface area contributed by atoms with E-state index in [4.69, 9.17) is 9.47 Å². The van der Waals surface area contributed by atoms with Crippen molar-refractivity contribution >= 4 is 21.7 Å². The molecule has 1 amide bonds. The molecular formula is C32H47FN6O7S. The number of aliphatic hydroxyl groups is 2. The molecule has 3 saturated heterocycles. The molecule has 4 heterocycles. The van der Waals surface area contributed by atoms with E-state index in [1.54, 1.807) is 20.8 Å². The normalized spacial score (nSPS) is 22.2. The largest absolute Gasteiger partial charge is 0.451 e. The summed E-state index contributed by atoms with van der Waals surface area (Å²) in [4.78, 5) is 26.3. The van der Waals surface area contributed by atoms with Gasteiger partial charge in [-0.2, -0.15) is 0 Å². The van der Waals surface area contributed by atoms with Crippen molar-refractivity contribution in [2.24, 2.45) is 5.41 Å². The number of amides is 1.